The van der Waals surface area contributed by atoms with Crippen LogP contribution >= 0.6 is 23.4 Å². The van der Waals surface area contributed by atoms with E-state index in [4.69, 9.17) is 21.4 Å². The summed E-state index contributed by atoms with van der Waals surface area (Å²) >= 11 is 7.09. The van der Waals surface area contributed by atoms with Gasteiger partial charge in [-0.1, -0.05) is 49.7 Å². The van der Waals surface area contributed by atoms with Gasteiger partial charge in [0.2, 0.25) is 21.7 Å². The Bertz CT molecular complexity index is 1750. The average Bonchev–Trinajstić information content (AvgIpc) is 3.04. The van der Waals surface area contributed by atoms with Gasteiger partial charge in [0.1, 0.15) is 23.7 Å². The number of hydrogen-bond acceptors (Lipinski definition) is 8. The van der Waals surface area contributed by atoms with E-state index < -0.39 is 57.2 Å². The average molecular weight is 719 g/mol. The molecule has 0 fully saturated rings. The van der Waals surface area contributed by atoms with Crippen LogP contribution in [0.2, 0.25) is 5.02 Å². The number of rotatable bonds is 17. The third-order valence-corrected chi connectivity index (χ3v) is 10.0. The number of aliphatic carboxylic acids is 1. The van der Waals surface area contributed by atoms with Gasteiger partial charge in [-0.2, -0.15) is 0 Å². The van der Waals surface area contributed by atoms with E-state index in [1.165, 1.54) is 48.5 Å². The molecule has 0 aliphatic carbocycles. The van der Waals surface area contributed by atoms with Gasteiger partial charge < -0.3 is 20.5 Å². The first-order chi connectivity index (χ1) is 22.7. The predicted octanol–water partition coefficient (Wildman–Crippen LogP) is 5.02. The lowest BCUT2D eigenvalue weighted by atomic mass is 10.0. The Kier molecular flexibility index (Phi) is 14.2. The molecule has 0 heterocycles. The van der Waals surface area contributed by atoms with Crippen molar-refractivity contribution in [2.24, 2.45) is 5.92 Å². The lowest BCUT2D eigenvalue weighted by Crippen LogP contribution is -2.53. The fraction of sp³-hybridized carbons (Fsp3) is 0.294. The number of carboxylic acids is 1. The highest BCUT2D eigenvalue weighted by Crippen LogP contribution is 2.28. The van der Waals surface area contributed by atoms with E-state index in [1.54, 1.807) is 39.0 Å². The summed E-state index contributed by atoms with van der Waals surface area (Å²) in [5.74, 6) is -4.14. The number of carbonyl (C=O) groups excluding carboxylic acids is 3. The summed E-state index contributed by atoms with van der Waals surface area (Å²) in [5, 5.41) is 14.5. The zero-order valence-corrected chi connectivity index (χ0v) is 28.8. The first-order valence-corrected chi connectivity index (χ1v) is 17.9. The van der Waals surface area contributed by atoms with Gasteiger partial charge >= 0.3 is 5.97 Å². The second-order valence-electron chi connectivity index (χ2n) is 10.8. The van der Waals surface area contributed by atoms with Crippen molar-refractivity contribution in [3.63, 3.8) is 0 Å². The Hall–Kier alpha value is -4.20. The van der Waals surface area contributed by atoms with Crippen molar-refractivity contribution in [1.29, 1.82) is 0 Å². The molecule has 0 spiro atoms. The molecule has 2 atom stereocenters. The molecule has 0 saturated carbocycles. The number of amides is 2. The lowest BCUT2D eigenvalue weighted by Gasteiger charge is -2.24. The highest BCUT2D eigenvalue weighted by molar-refractivity contribution is 7.99. The summed E-state index contributed by atoms with van der Waals surface area (Å²) in [6, 6.07) is 13.7. The number of ether oxygens (including phenoxy) is 1. The molecule has 3 rings (SSSR count). The molecular weight excluding hydrogens is 683 g/mol. The molecule has 0 unspecified atom stereocenters. The zero-order valence-electron chi connectivity index (χ0n) is 26.4. The third kappa shape index (κ3) is 10.7. The molecule has 0 aromatic heterocycles. The summed E-state index contributed by atoms with van der Waals surface area (Å²) in [5.41, 5.74) is 0.482. The third-order valence-electron chi connectivity index (χ3n) is 6.94. The molecule has 256 valence electrons. The number of halogens is 2. The van der Waals surface area contributed by atoms with Gasteiger partial charge in [0.05, 0.1) is 28.6 Å². The smallest absolute Gasteiger partial charge is 0.328 e. The van der Waals surface area contributed by atoms with E-state index in [0.717, 1.165) is 23.9 Å². The second kappa shape index (κ2) is 17.8. The van der Waals surface area contributed by atoms with E-state index in [-0.39, 0.29) is 50.5 Å². The molecule has 0 radical (unpaired) electrons. The van der Waals surface area contributed by atoms with Gasteiger partial charge in [-0.25, -0.2) is 17.6 Å². The number of ketones is 1. The lowest BCUT2D eigenvalue weighted by molar-refractivity contribution is -0.131. The van der Waals surface area contributed by atoms with Crippen molar-refractivity contribution < 1.29 is 41.8 Å². The molecular formula is C34H36ClFN2O8S2. The molecule has 0 aliphatic heterocycles. The monoisotopic (exact) mass is 718 g/mol. The molecule has 3 aromatic rings. The van der Waals surface area contributed by atoms with Crippen LogP contribution in [0.25, 0.3) is 0 Å². The van der Waals surface area contributed by atoms with Crippen LogP contribution in [-0.4, -0.2) is 61.5 Å². The Labute approximate surface area is 288 Å². The topological polar surface area (TPSA) is 156 Å². The Morgan fingerprint density at radius 3 is 2.33 bits per heavy atom. The van der Waals surface area contributed by atoms with Crippen LogP contribution < -0.4 is 15.4 Å². The highest BCUT2D eigenvalue weighted by atomic mass is 35.5. The van der Waals surface area contributed by atoms with Crippen molar-refractivity contribution in [1.82, 2.24) is 10.6 Å². The minimum atomic E-state index is -3.90. The minimum Gasteiger partial charge on any atom is -0.494 e. The molecule has 0 bridgehead atoms. The van der Waals surface area contributed by atoms with Crippen molar-refractivity contribution in [2.75, 3.05) is 12.4 Å². The number of nitrogens with one attached hydrogen (secondary N) is 2. The predicted molar refractivity (Wildman–Crippen MR) is 181 cm³/mol. The van der Waals surface area contributed by atoms with Crippen molar-refractivity contribution in [2.45, 2.75) is 54.8 Å². The Morgan fingerprint density at radius 2 is 1.71 bits per heavy atom. The van der Waals surface area contributed by atoms with Gasteiger partial charge in [-0.15, -0.1) is 11.8 Å². The summed E-state index contributed by atoms with van der Waals surface area (Å²) in [4.78, 5) is 51.0. The van der Waals surface area contributed by atoms with Crippen LogP contribution in [0.3, 0.4) is 0 Å². The standard InChI is InChI=1S/C34H36ClFN2O8S2/c1-4-46-30-15-13-24(48(44,45)23-9-6-5-7-10-23)17-22(30)18-31(40)38-33(21(2)3)34(43)37-28(14-16-32(41)42)29(39)20-47-19-25-26(35)11-8-12-27(25)36/h5-17,21,28,33H,4,18-20H2,1-3H3,(H,37,43)(H,38,40)(H,41,42)/t28-,33-/m0/s1. The summed E-state index contributed by atoms with van der Waals surface area (Å²) < 4.78 is 46.2. The van der Waals surface area contributed by atoms with E-state index >= 15 is 0 Å². The first-order valence-electron chi connectivity index (χ1n) is 14.8. The number of carboxylic acid groups (broad SMARTS) is 1. The first kappa shape index (κ1) is 38.2. The fourth-order valence-electron chi connectivity index (χ4n) is 4.50. The number of sulfone groups is 1. The van der Waals surface area contributed by atoms with E-state index in [1.807, 2.05) is 0 Å². The van der Waals surface area contributed by atoms with Crippen LogP contribution in [-0.2, 0) is 41.2 Å². The number of carbonyl (C=O) groups is 4. The SMILES string of the molecule is CCOc1ccc(S(=O)(=O)c2ccccc2)cc1CC(=O)N[C@H](C(=O)N[C@@H](C=CC(=O)O)C(=O)CSCc1c(F)cccc1Cl)C(C)C. The molecule has 48 heavy (non-hydrogen) atoms. The molecule has 0 saturated heterocycles. The maximum atomic E-state index is 14.1. The quantitative estimate of drug-likeness (QED) is 0.163. The van der Waals surface area contributed by atoms with E-state index in [9.17, 15) is 32.0 Å². The number of benzene rings is 3. The van der Waals surface area contributed by atoms with Crippen LogP contribution in [0.1, 0.15) is 31.9 Å². The molecule has 2 amide bonds. The van der Waals surface area contributed by atoms with Crippen LogP contribution in [0.5, 0.6) is 5.75 Å². The maximum absolute atomic E-state index is 14.1. The second-order valence-corrected chi connectivity index (χ2v) is 14.2. The van der Waals surface area contributed by atoms with Gasteiger partial charge in [0, 0.05) is 28.0 Å². The molecule has 3 N–H and O–H groups in total. The van der Waals surface area contributed by atoms with E-state index in [2.05, 4.69) is 10.6 Å². The number of Topliss-reactive ketones (excluding diaryl/α,β-unsaturated/α-hetero) is 1. The van der Waals surface area contributed by atoms with Crippen LogP contribution in [0.4, 0.5) is 4.39 Å². The molecule has 3 aromatic carbocycles. The minimum absolute atomic E-state index is 0.0418. The van der Waals surface area contributed by atoms with E-state index in [0.29, 0.717) is 5.75 Å². The van der Waals surface area contributed by atoms with Gasteiger partial charge in [-0.3, -0.25) is 14.4 Å². The Morgan fingerprint density at radius 1 is 1.00 bits per heavy atom. The number of thioether (sulfide) groups is 1. The molecule has 14 heteroatoms. The largest absolute Gasteiger partial charge is 0.494 e. The normalized spacial score (nSPS) is 12.8. The molecule has 0 aliphatic rings. The maximum Gasteiger partial charge on any atom is 0.328 e. The summed E-state index contributed by atoms with van der Waals surface area (Å²) in [6.45, 7) is 5.32. The zero-order chi connectivity index (χ0) is 35.4. The van der Waals surface area contributed by atoms with Crippen molar-refractivity contribution in [3.8, 4) is 5.75 Å². The molecule has 10 nitrogen and oxygen atoms in total. The van der Waals surface area contributed by atoms with Crippen molar-refractivity contribution >= 4 is 56.8 Å². The van der Waals surface area contributed by atoms with Crippen LogP contribution in [0, 0.1) is 11.7 Å². The summed E-state index contributed by atoms with van der Waals surface area (Å²) in [7, 11) is -3.90. The Balaban J connectivity index is 1.76. The highest BCUT2D eigenvalue weighted by Gasteiger charge is 2.29. The fourth-order valence-corrected chi connectivity index (χ4v) is 7.12. The van der Waals surface area contributed by atoms with Crippen LogP contribution in [0.15, 0.2) is 88.7 Å². The van der Waals surface area contributed by atoms with Gasteiger partial charge in [-0.05, 0) is 61.4 Å². The van der Waals surface area contributed by atoms with Gasteiger partial charge in [0.15, 0.2) is 5.78 Å². The number of hydrogen-bond donors (Lipinski definition) is 3. The van der Waals surface area contributed by atoms with Crippen molar-refractivity contribution in [3.05, 3.63) is 101 Å². The van der Waals surface area contributed by atoms with Gasteiger partial charge in [0.25, 0.3) is 0 Å². The summed E-state index contributed by atoms with van der Waals surface area (Å²) in [6.07, 6.45) is 1.40.